The summed E-state index contributed by atoms with van der Waals surface area (Å²) < 4.78 is 4.96. The van der Waals surface area contributed by atoms with Crippen molar-refractivity contribution in [1.29, 1.82) is 0 Å². The van der Waals surface area contributed by atoms with E-state index in [0.29, 0.717) is 24.6 Å². The molecule has 1 atom stereocenters. The molecule has 1 saturated heterocycles. The van der Waals surface area contributed by atoms with E-state index in [2.05, 4.69) is 26.1 Å². The third-order valence-corrected chi connectivity index (χ3v) is 4.49. The number of carbonyl (C=O) groups excluding carboxylic acids is 2. The van der Waals surface area contributed by atoms with Crippen molar-refractivity contribution < 1.29 is 14.0 Å². The average Bonchev–Trinajstić information content (AvgIpc) is 3.06. The maximum absolute atomic E-state index is 12.3. The van der Waals surface area contributed by atoms with Gasteiger partial charge in [0.25, 0.3) is 5.91 Å². The number of carbonyl (C=O) groups is 2. The average molecular weight is 320 g/mol. The Bertz CT molecular complexity index is 502. The smallest absolute Gasteiger partial charge is 0.257 e. The van der Waals surface area contributed by atoms with Crippen LogP contribution in [0.1, 0.15) is 56.8 Å². The van der Waals surface area contributed by atoms with Crippen molar-refractivity contribution in [3.05, 3.63) is 24.2 Å². The molecular formula is C18H28N2O3. The fraction of sp³-hybridized carbons (Fsp3) is 0.667. The third kappa shape index (κ3) is 5.12. The van der Waals surface area contributed by atoms with E-state index < -0.39 is 0 Å². The highest BCUT2D eigenvalue weighted by Crippen LogP contribution is 2.20. The summed E-state index contributed by atoms with van der Waals surface area (Å²) in [4.78, 5) is 26.4. The van der Waals surface area contributed by atoms with Gasteiger partial charge in [-0.25, -0.2) is 0 Å². The van der Waals surface area contributed by atoms with Gasteiger partial charge in [0.05, 0.1) is 11.8 Å². The van der Waals surface area contributed by atoms with Gasteiger partial charge in [-0.3, -0.25) is 9.59 Å². The minimum absolute atomic E-state index is 0.0112. The Balaban J connectivity index is 1.75. The van der Waals surface area contributed by atoms with Crippen molar-refractivity contribution in [3.63, 3.8) is 0 Å². The molecule has 2 rings (SSSR count). The molecule has 0 saturated carbocycles. The Kier molecular flexibility index (Phi) is 6.25. The van der Waals surface area contributed by atoms with Crippen LogP contribution in [0.4, 0.5) is 0 Å². The highest BCUT2D eigenvalue weighted by atomic mass is 16.3. The maximum atomic E-state index is 12.3. The predicted octanol–water partition coefficient (Wildman–Crippen LogP) is 3.07. The molecule has 1 aliphatic rings. The van der Waals surface area contributed by atoms with Crippen LogP contribution in [0.3, 0.4) is 0 Å². The molecule has 0 bridgehead atoms. The van der Waals surface area contributed by atoms with Gasteiger partial charge in [-0.15, -0.1) is 0 Å². The van der Waals surface area contributed by atoms with E-state index in [4.69, 9.17) is 4.42 Å². The topological polar surface area (TPSA) is 62.6 Å². The van der Waals surface area contributed by atoms with Crippen LogP contribution in [0.25, 0.3) is 0 Å². The molecule has 0 aliphatic carbocycles. The van der Waals surface area contributed by atoms with Gasteiger partial charge in [0, 0.05) is 25.0 Å². The number of likely N-dealkylation sites (tertiary alicyclic amines) is 1. The van der Waals surface area contributed by atoms with Crippen LogP contribution in [0.5, 0.6) is 0 Å². The first-order chi connectivity index (χ1) is 11.0. The Hall–Kier alpha value is -1.78. The van der Waals surface area contributed by atoms with Gasteiger partial charge < -0.3 is 14.6 Å². The molecule has 5 heteroatoms. The molecular weight excluding hydrogens is 292 g/mol. The number of piperidine rings is 1. The summed E-state index contributed by atoms with van der Waals surface area (Å²) in [6, 6.07) is 1.90. The molecule has 1 aromatic rings. The van der Waals surface area contributed by atoms with E-state index >= 15 is 0 Å². The molecule has 5 nitrogen and oxygen atoms in total. The minimum Gasteiger partial charge on any atom is -0.472 e. The van der Waals surface area contributed by atoms with Crippen molar-refractivity contribution >= 4 is 11.8 Å². The quantitative estimate of drug-likeness (QED) is 0.876. The van der Waals surface area contributed by atoms with Gasteiger partial charge in [-0.2, -0.15) is 0 Å². The van der Waals surface area contributed by atoms with Crippen LogP contribution in [-0.2, 0) is 4.79 Å². The maximum Gasteiger partial charge on any atom is 0.257 e. The van der Waals surface area contributed by atoms with Crippen molar-refractivity contribution in [2.24, 2.45) is 11.8 Å². The first kappa shape index (κ1) is 17.6. The number of rotatable bonds is 6. The second-order valence-electron chi connectivity index (χ2n) is 6.96. The van der Waals surface area contributed by atoms with Crippen LogP contribution >= 0.6 is 0 Å². The summed E-state index contributed by atoms with van der Waals surface area (Å²) in [5, 5.41) is 3.12. The first-order valence-electron chi connectivity index (χ1n) is 8.59. The number of amides is 2. The zero-order chi connectivity index (χ0) is 16.8. The Morgan fingerprint density at radius 3 is 2.52 bits per heavy atom. The summed E-state index contributed by atoms with van der Waals surface area (Å²) in [6.45, 7) is 7.71. The second-order valence-corrected chi connectivity index (χ2v) is 6.96. The van der Waals surface area contributed by atoms with Crippen LogP contribution in [0.15, 0.2) is 23.0 Å². The first-order valence-corrected chi connectivity index (χ1v) is 8.59. The lowest BCUT2D eigenvalue weighted by Crippen LogP contribution is -2.44. The molecule has 1 fully saturated rings. The Morgan fingerprint density at radius 1 is 1.26 bits per heavy atom. The van der Waals surface area contributed by atoms with Crippen LogP contribution < -0.4 is 5.32 Å². The van der Waals surface area contributed by atoms with E-state index in [1.165, 1.54) is 12.5 Å². The highest BCUT2D eigenvalue weighted by Gasteiger charge is 2.28. The zero-order valence-corrected chi connectivity index (χ0v) is 14.4. The van der Waals surface area contributed by atoms with Gasteiger partial charge in [-0.1, -0.05) is 13.8 Å². The highest BCUT2D eigenvalue weighted by molar-refractivity contribution is 5.94. The summed E-state index contributed by atoms with van der Waals surface area (Å²) in [6.07, 6.45) is 6.57. The molecule has 23 heavy (non-hydrogen) atoms. The number of hydrogen-bond donors (Lipinski definition) is 1. The van der Waals surface area contributed by atoms with E-state index in [1.807, 2.05) is 0 Å². The molecule has 0 unspecified atom stereocenters. The minimum atomic E-state index is -0.0112. The van der Waals surface area contributed by atoms with Gasteiger partial charge in [0.2, 0.25) is 5.91 Å². The number of nitrogens with zero attached hydrogens (tertiary/aromatic N) is 1. The molecule has 128 valence electrons. The van der Waals surface area contributed by atoms with E-state index in [1.54, 1.807) is 11.0 Å². The van der Waals surface area contributed by atoms with Crippen LogP contribution in [0, 0.1) is 11.8 Å². The van der Waals surface area contributed by atoms with Crippen molar-refractivity contribution in [2.45, 2.75) is 52.5 Å². The zero-order valence-electron chi connectivity index (χ0n) is 14.4. The lowest BCUT2D eigenvalue weighted by Gasteiger charge is -2.31. The van der Waals surface area contributed by atoms with Crippen LogP contribution in [0.2, 0.25) is 0 Å². The van der Waals surface area contributed by atoms with E-state index in [0.717, 1.165) is 25.7 Å². The third-order valence-electron chi connectivity index (χ3n) is 4.49. The standard InChI is InChI=1S/C18H28N2O3/c1-13(2)4-5-14(3)19-17(21)15-6-9-20(10-7-15)18(22)16-8-11-23-12-16/h8,11-15H,4-7,9-10H2,1-3H3,(H,19,21)/t14-/m0/s1. The van der Waals surface area contributed by atoms with Crippen LogP contribution in [-0.4, -0.2) is 35.8 Å². The number of nitrogens with one attached hydrogen (secondary N) is 1. The molecule has 2 heterocycles. The summed E-state index contributed by atoms with van der Waals surface area (Å²) in [5.74, 6) is 0.802. The van der Waals surface area contributed by atoms with Gasteiger partial charge in [0.1, 0.15) is 6.26 Å². The van der Waals surface area contributed by atoms with Gasteiger partial charge in [0.15, 0.2) is 0 Å². The Labute approximate surface area is 138 Å². The molecule has 0 spiro atoms. The molecule has 1 N–H and O–H groups in total. The summed E-state index contributed by atoms with van der Waals surface area (Å²) in [7, 11) is 0. The Morgan fingerprint density at radius 2 is 1.96 bits per heavy atom. The van der Waals surface area contributed by atoms with Gasteiger partial charge >= 0.3 is 0 Å². The molecule has 0 radical (unpaired) electrons. The van der Waals surface area contributed by atoms with Crippen molar-refractivity contribution in [3.8, 4) is 0 Å². The lowest BCUT2D eigenvalue weighted by molar-refractivity contribution is -0.127. The normalized spacial score (nSPS) is 17.3. The second kappa shape index (κ2) is 8.18. The number of furan rings is 1. The fourth-order valence-corrected chi connectivity index (χ4v) is 2.93. The number of hydrogen-bond acceptors (Lipinski definition) is 3. The molecule has 0 aromatic carbocycles. The molecule has 1 aliphatic heterocycles. The monoisotopic (exact) mass is 320 g/mol. The lowest BCUT2D eigenvalue weighted by atomic mass is 9.94. The van der Waals surface area contributed by atoms with E-state index in [9.17, 15) is 9.59 Å². The molecule has 2 amide bonds. The SMILES string of the molecule is CC(C)CC[C@H](C)NC(=O)C1CCN(C(=O)c2ccoc2)CC1. The predicted molar refractivity (Wildman–Crippen MR) is 89.0 cm³/mol. The van der Waals surface area contributed by atoms with Gasteiger partial charge in [-0.05, 0) is 44.6 Å². The van der Waals surface area contributed by atoms with Crippen molar-refractivity contribution in [2.75, 3.05) is 13.1 Å². The van der Waals surface area contributed by atoms with E-state index in [-0.39, 0.29) is 23.8 Å². The fourth-order valence-electron chi connectivity index (χ4n) is 2.93. The largest absolute Gasteiger partial charge is 0.472 e. The molecule has 1 aromatic heterocycles. The van der Waals surface area contributed by atoms with Crippen molar-refractivity contribution in [1.82, 2.24) is 10.2 Å². The summed E-state index contributed by atoms with van der Waals surface area (Å²) >= 11 is 0. The summed E-state index contributed by atoms with van der Waals surface area (Å²) in [5.41, 5.74) is 0.579.